The lowest BCUT2D eigenvalue weighted by atomic mass is 10.2. The lowest BCUT2D eigenvalue weighted by Crippen LogP contribution is -2.16. The van der Waals surface area contributed by atoms with E-state index in [1.54, 1.807) is 13.8 Å². The third-order valence-corrected chi connectivity index (χ3v) is 0.986. The monoisotopic (exact) mass is 128 g/mol. The minimum atomic E-state index is -0.282. The smallest absolute Gasteiger partial charge is 0.154 e. The topological polar surface area (TPSA) is 55.5 Å². The Kier molecular flexibility index (Phi) is 2.91. The molecule has 1 atom stereocenters. The summed E-state index contributed by atoms with van der Waals surface area (Å²) in [7, 11) is 0. The van der Waals surface area contributed by atoms with Gasteiger partial charge in [0, 0.05) is 0 Å². The number of hydrogen-bond donors (Lipinski definition) is 1. The van der Waals surface area contributed by atoms with Gasteiger partial charge in [0.25, 0.3) is 0 Å². The molecule has 0 aliphatic carbocycles. The molecule has 0 heterocycles. The van der Waals surface area contributed by atoms with Gasteiger partial charge in [0.15, 0.2) is 5.78 Å². The number of nitrogens with zero attached hydrogens (tertiary/aromatic N) is 1. The van der Waals surface area contributed by atoms with Crippen molar-refractivity contribution in [1.82, 2.24) is 0 Å². The number of hydrogen-bond acceptors (Lipinski definition) is 2. The zero-order chi connectivity index (χ0) is 7.44. The van der Waals surface area contributed by atoms with Gasteiger partial charge in [-0.2, -0.15) is 0 Å². The van der Waals surface area contributed by atoms with Crippen molar-refractivity contribution >= 4 is 11.6 Å². The Morgan fingerprint density at radius 3 is 2.11 bits per heavy atom. The first-order chi connectivity index (χ1) is 4.04. The molecule has 0 aromatic carbocycles. The lowest BCUT2D eigenvalue weighted by molar-refractivity contribution is -0.117. The Bertz CT molecular complexity index is 136. The summed E-state index contributed by atoms with van der Waals surface area (Å²) in [6, 6.07) is -0.282. The molecule has 3 nitrogen and oxygen atoms in total. The van der Waals surface area contributed by atoms with Crippen molar-refractivity contribution in [3.8, 4) is 0 Å². The van der Waals surface area contributed by atoms with Gasteiger partial charge >= 0.3 is 0 Å². The first kappa shape index (κ1) is 8.14. The van der Waals surface area contributed by atoms with Crippen molar-refractivity contribution in [2.75, 3.05) is 0 Å². The number of Topliss-reactive ketones (excluding diaryl/α,β-unsaturated/α-hetero) is 1. The van der Waals surface area contributed by atoms with Crippen molar-refractivity contribution < 1.29 is 4.79 Å². The van der Waals surface area contributed by atoms with Crippen LogP contribution in [0.5, 0.6) is 0 Å². The molecule has 0 radical (unpaired) electrons. The van der Waals surface area contributed by atoms with E-state index in [1.807, 2.05) is 0 Å². The van der Waals surface area contributed by atoms with E-state index in [9.17, 15) is 4.79 Å². The van der Waals surface area contributed by atoms with Gasteiger partial charge in [-0.05, 0) is 20.8 Å². The molecule has 0 aliphatic rings. The van der Waals surface area contributed by atoms with E-state index in [1.165, 1.54) is 6.92 Å². The van der Waals surface area contributed by atoms with E-state index in [2.05, 4.69) is 4.99 Å². The third-order valence-electron chi connectivity index (χ3n) is 0.986. The van der Waals surface area contributed by atoms with E-state index in [0.717, 1.165) is 0 Å². The van der Waals surface area contributed by atoms with Gasteiger partial charge in [-0.25, -0.2) is 0 Å². The molecule has 52 valence electrons. The zero-order valence-corrected chi connectivity index (χ0v) is 6.01. The Hall–Kier alpha value is -0.860. The van der Waals surface area contributed by atoms with Crippen LogP contribution in [-0.4, -0.2) is 17.7 Å². The molecular formula is C6H12N2O. The summed E-state index contributed by atoms with van der Waals surface area (Å²) in [4.78, 5) is 14.3. The molecule has 0 aromatic heterocycles. The second-order valence-corrected chi connectivity index (χ2v) is 2.06. The fourth-order valence-corrected chi connectivity index (χ4v) is 0.396. The minimum Gasteiger partial charge on any atom is -0.388 e. The maximum absolute atomic E-state index is 10.5. The van der Waals surface area contributed by atoms with Gasteiger partial charge in [-0.1, -0.05) is 0 Å². The molecule has 0 spiro atoms. The van der Waals surface area contributed by atoms with Crippen LogP contribution < -0.4 is 5.73 Å². The summed E-state index contributed by atoms with van der Waals surface area (Å²) in [5.74, 6) is 0.498. The van der Waals surface area contributed by atoms with Crippen molar-refractivity contribution in [3.05, 3.63) is 0 Å². The molecule has 9 heavy (non-hydrogen) atoms. The second kappa shape index (κ2) is 3.22. The van der Waals surface area contributed by atoms with E-state index in [-0.39, 0.29) is 11.8 Å². The summed E-state index contributed by atoms with van der Waals surface area (Å²) < 4.78 is 0. The van der Waals surface area contributed by atoms with Crippen LogP contribution in [0.2, 0.25) is 0 Å². The molecule has 0 saturated heterocycles. The van der Waals surface area contributed by atoms with E-state index >= 15 is 0 Å². The minimum absolute atomic E-state index is 0.0415. The van der Waals surface area contributed by atoms with Crippen LogP contribution in [0.4, 0.5) is 0 Å². The van der Waals surface area contributed by atoms with Gasteiger partial charge in [0.1, 0.15) is 6.04 Å². The Morgan fingerprint density at radius 1 is 1.56 bits per heavy atom. The average molecular weight is 128 g/mol. The van der Waals surface area contributed by atoms with Crippen LogP contribution in [0.1, 0.15) is 20.8 Å². The summed E-state index contributed by atoms with van der Waals surface area (Å²) in [5, 5.41) is 0. The number of nitrogens with two attached hydrogens (primary N) is 1. The van der Waals surface area contributed by atoms with Crippen LogP contribution in [0, 0.1) is 0 Å². The number of carbonyl (C=O) groups is 1. The Labute approximate surface area is 55.0 Å². The maximum Gasteiger partial charge on any atom is 0.154 e. The summed E-state index contributed by atoms with van der Waals surface area (Å²) >= 11 is 0. The number of carbonyl (C=O) groups excluding carboxylic acids is 1. The van der Waals surface area contributed by atoms with Crippen LogP contribution in [-0.2, 0) is 4.79 Å². The highest BCUT2D eigenvalue weighted by molar-refractivity contribution is 5.85. The highest BCUT2D eigenvalue weighted by Gasteiger charge is 2.02. The number of rotatable bonds is 2. The molecule has 0 saturated carbocycles. The quantitative estimate of drug-likeness (QED) is 0.430. The van der Waals surface area contributed by atoms with Crippen LogP contribution in [0.3, 0.4) is 0 Å². The number of amidine groups is 1. The highest BCUT2D eigenvalue weighted by atomic mass is 16.1. The molecule has 3 heteroatoms. The standard InChI is InChI=1S/C6H12N2O/c1-4(5(2)9)8-6(3)7/h4H,1-3H3,(H2,7,8). The summed E-state index contributed by atoms with van der Waals surface area (Å²) in [6.45, 7) is 4.88. The largest absolute Gasteiger partial charge is 0.388 e. The van der Waals surface area contributed by atoms with Gasteiger partial charge in [0.05, 0.1) is 5.84 Å². The number of aliphatic imine (C=N–C) groups is 1. The summed E-state index contributed by atoms with van der Waals surface area (Å²) in [6.07, 6.45) is 0. The third kappa shape index (κ3) is 3.70. The van der Waals surface area contributed by atoms with Gasteiger partial charge in [-0.3, -0.25) is 9.79 Å². The van der Waals surface area contributed by atoms with Gasteiger partial charge in [-0.15, -0.1) is 0 Å². The van der Waals surface area contributed by atoms with Gasteiger partial charge in [0.2, 0.25) is 0 Å². The molecule has 0 aliphatic heterocycles. The fraction of sp³-hybridized carbons (Fsp3) is 0.667. The fourth-order valence-electron chi connectivity index (χ4n) is 0.396. The van der Waals surface area contributed by atoms with Gasteiger partial charge < -0.3 is 5.73 Å². The molecule has 0 fully saturated rings. The van der Waals surface area contributed by atoms with Crippen molar-refractivity contribution in [2.45, 2.75) is 26.8 Å². The van der Waals surface area contributed by atoms with Crippen LogP contribution in [0.25, 0.3) is 0 Å². The first-order valence-electron chi connectivity index (χ1n) is 2.84. The molecule has 2 N–H and O–H groups in total. The normalized spacial score (nSPS) is 15.2. The predicted octanol–water partition coefficient (Wildman–Crippen LogP) is 0.341. The van der Waals surface area contributed by atoms with Crippen molar-refractivity contribution in [2.24, 2.45) is 10.7 Å². The van der Waals surface area contributed by atoms with E-state index < -0.39 is 0 Å². The second-order valence-electron chi connectivity index (χ2n) is 2.06. The van der Waals surface area contributed by atoms with Crippen LogP contribution >= 0.6 is 0 Å². The molecular weight excluding hydrogens is 116 g/mol. The SMILES string of the molecule is CC(=O)C(C)N=C(C)N. The molecule has 0 amide bonds. The zero-order valence-electron chi connectivity index (χ0n) is 6.01. The maximum atomic E-state index is 10.5. The molecule has 1 unspecified atom stereocenters. The first-order valence-corrected chi connectivity index (χ1v) is 2.84. The lowest BCUT2D eigenvalue weighted by Gasteiger charge is -1.99. The molecule has 0 bridgehead atoms. The summed E-state index contributed by atoms with van der Waals surface area (Å²) in [5.41, 5.74) is 5.23. The van der Waals surface area contributed by atoms with Crippen LogP contribution in [0.15, 0.2) is 4.99 Å². The number of ketones is 1. The predicted molar refractivity (Wildman–Crippen MR) is 37.4 cm³/mol. The molecule has 0 rings (SSSR count). The Morgan fingerprint density at radius 2 is 2.00 bits per heavy atom. The van der Waals surface area contributed by atoms with E-state index in [4.69, 9.17) is 5.73 Å². The van der Waals surface area contributed by atoms with E-state index in [0.29, 0.717) is 5.84 Å². The molecule has 0 aromatic rings. The van der Waals surface area contributed by atoms with Crippen molar-refractivity contribution in [3.63, 3.8) is 0 Å². The average Bonchev–Trinajstić information content (AvgIpc) is 1.63. The van der Waals surface area contributed by atoms with Crippen molar-refractivity contribution in [1.29, 1.82) is 0 Å². The highest BCUT2D eigenvalue weighted by Crippen LogP contribution is 1.89. The Balaban J connectivity index is 3.91.